The molecule has 2 aromatic carbocycles. The summed E-state index contributed by atoms with van der Waals surface area (Å²) in [6, 6.07) is 14.0. The van der Waals surface area contributed by atoms with Gasteiger partial charge in [0.25, 0.3) is 11.5 Å². The largest absolute Gasteiger partial charge is 0.352 e. The number of aromatic nitrogens is 2. The van der Waals surface area contributed by atoms with Gasteiger partial charge in [0.1, 0.15) is 0 Å². The van der Waals surface area contributed by atoms with E-state index in [0.717, 1.165) is 0 Å². The first-order chi connectivity index (χ1) is 14.0. The summed E-state index contributed by atoms with van der Waals surface area (Å²) in [5, 5.41) is 6.14. The van der Waals surface area contributed by atoms with Crippen LogP contribution in [0, 0.1) is 5.92 Å². The third kappa shape index (κ3) is 5.07. The first-order valence-corrected chi connectivity index (χ1v) is 9.57. The van der Waals surface area contributed by atoms with Gasteiger partial charge in [0.05, 0.1) is 28.5 Å². The van der Waals surface area contributed by atoms with Crippen LogP contribution in [0.4, 0.5) is 5.69 Å². The fourth-order valence-electron chi connectivity index (χ4n) is 2.88. The minimum atomic E-state index is -0.283. The number of fused-ring (bicyclic) bond motifs is 1. The van der Waals surface area contributed by atoms with E-state index < -0.39 is 0 Å². The third-order valence-electron chi connectivity index (χ3n) is 4.43. The molecule has 2 N–H and O–H groups in total. The third-order valence-corrected chi connectivity index (χ3v) is 4.43. The van der Waals surface area contributed by atoms with Crippen LogP contribution in [-0.2, 0) is 11.3 Å². The molecule has 0 saturated heterocycles. The van der Waals surface area contributed by atoms with Crippen molar-refractivity contribution < 1.29 is 9.59 Å². The Morgan fingerprint density at radius 2 is 1.79 bits per heavy atom. The lowest BCUT2D eigenvalue weighted by Gasteiger charge is -2.13. The Hall–Kier alpha value is -3.48. The fraction of sp³-hybridized carbons (Fsp3) is 0.273. The number of nitrogens with one attached hydrogen (secondary N) is 2. The van der Waals surface area contributed by atoms with Gasteiger partial charge in [0.15, 0.2) is 0 Å². The minimum Gasteiger partial charge on any atom is -0.352 e. The molecular weight excluding hydrogens is 368 g/mol. The summed E-state index contributed by atoms with van der Waals surface area (Å²) in [6.07, 6.45) is 1.53. The molecule has 2 amide bonds. The van der Waals surface area contributed by atoms with Crippen LogP contribution in [0.25, 0.3) is 10.9 Å². The number of nitrogens with zero attached hydrogens (tertiary/aromatic N) is 2. The van der Waals surface area contributed by atoms with E-state index in [1.165, 1.54) is 10.9 Å². The molecule has 0 fully saturated rings. The fourth-order valence-corrected chi connectivity index (χ4v) is 2.88. The summed E-state index contributed by atoms with van der Waals surface area (Å²) in [5.41, 5.74) is 1.30. The van der Waals surface area contributed by atoms with Gasteiger partial charge in [-0.25, -0.2) is 4.98 Å². The van der Waals surface area contributed by atoms with Crippen molar-refractivity contribution in [3.63, 3.8) is 0 Å². The zero-order chi connectivity index (χ0) is 20.8. The van der Waals surface area contributed by atoms with Gasteiger partial charge in [0.2, 0.25) is 5.91 Å². The number of benzene rings is 2. The zero-order valence-corrected chi connectivity index (χ0v) is 16.5. The summed E-state index contributed by atoms with van der Waals surface area (Å²) in [6.45, 7) is 4.78. The summed E-state index contributed by atoms with van der Waals surface area (Å²) in [5.74, 6) is -0.187. The van der Waals surface area contributed by atoms with Gasteiger partial charge in [-0.2, -0.15) is 0 Å². The lowest BCUT2D eigenvalue weighted by molar-refractivity contribution is -0.116. The number of amides is 2. The number of hydrogen-bond donors (Lipinski definition) is 2. The van der Waals surface area contributed by atoms with Crippen molar-refractivity contribution in [1.29, 1.82) is 0 Å². The number of anilines is 1. The van der Waals surface area contributed by atoms with E-state index >= 15 is 0 Å². The molecule has 150 valence electrons. The maximum Gasteiger partial charge on any atom is 0.261 e. The molecule has 0 unspecified atom stereocenters. The Labute approximate surface area is 168 Å². The van der Waals surface area contributed by atoms with Crippen LogP contribution in [0.15, 0.2) is 59.7 Å². The quantitative estimate of drug-likeness (QED) is 0.647. The second kappa shape index (κ2) is 9.14. The van der Waals surface area contributed by atoms with E-state index in [0.29, 0.717) is 34.6 Å². The van der Waals surface area contributed by atoms with Crippen LogP contribution in [0.3, 0.4) is 0 Å². The maximum absolute atomic E-state index is 12.5. The molecule has 0 aliphatic carbocycles. The Morgan fingerprint density at radius 3 is 2.59 bits per heavy atom. The van der Waals surface area contributed by atoms with E-state index in [1.807, 2.05) is 19.9 Å². The molecule has 1 heterocycles. The van der Waals surface area contributed by atoms with Crippen molar-refractivity contribution in [3.8, 4) is 0 Å². The van der Waals surface area contributed by atoms with Gasteiger partial charge in [0, 0.05) is 19.5 Å². The van der Waals surface area contributed by atoms with E-state index in [2.05, 4.69) is 15.6 Å². The Balaban J connectivity index is 1.67. The highest BCUT2D eigenvalue weighted by Crippen LogP contribution is 2.15. The molecule has 0 aliphatic heterocycles. The van der Waals surface area contributed by atoms with Crippen LogP contribution < -0.4 is 16.2 Å². The van der Waals surface area contributed by atoms with Crippen LogP contribution in [-0.4, -0.2) is 27.9 Å². The van der Waals surface area contributed by atoms with E-state index in [1.54, 1.807) is 42.5 Å². The van der Waals surface area contributed by atoms with E-state index in [-0.39, 0.29) is 30.3 Å². The van der Waals surface area contributed by atoms with Crippen LogP contribution in [0.1, 0.15) is 30.6 Å². The second-order valence-electron chi connectivity index (χ2n) is 7.21. The van der Waals surface area contributed by atoms with Crippen LogP contribution >= 0.6 is 0 Å². The van der Waals surface area contributed by atoms with Gasteiger partial charge in [-0.3, -0.25) is 19.0 Å². The molecule has 0 atom stereocenters. The molecule has 7 nitrogen and oxygen atoms in total. The monoisotopic (exact) mass is 392 g/mol. The Bertz CT molecular complexity index is 1090. The first kappa shape index (κ1) is 20.3. The normalized spacial score (nSPS) is 10.9. The Morgan fingerprint density at radius 1 is 1.07 bits per heavy atom. The summed E-state index contributed by atoms with van der Waals surface area (Å²) in [7, 11) is 0. The SMILES string of the molecule is CC(C)CNC(=O)c1ccccc1NC(=O)CCn1cnc2ccccc2c1=O. The number of aryl methyl sites for hydroxylation is 1. The van der Waals surface area contributed by atoms with Crippen molar-refractivity contribution >= 4 is 28.4 Å². The molecule has 3 aromatic rings. The van der Waals surface area contributed by atoms with Crippen molar-refractivity contribution in [1.82, 2.24) is 14.9 Å². The first-order valence-electron chi connectivity index (χ1n) is 9.57. The predicted molar refractivity (Wildman–Crippen MR) is 113 cm³/mol. The highest BCUT2D eigenvalue weighted by molar-refractivity contribution is 6.03. The number of rotatable bonds is 7. The summed E-state index contributed by atoms with van der Waals surface area (Å²) in [4.78, 5) is 41.6. The zero-order valence-electron chi connectivity index (χ0n) is 16.5. The van der Waals surface area contributed by atoms with Gasteiger partial charge in [-0.15, -0.1) is 0 Å². The average molecular weight is 392 g/mol. The standard InChI is InChI=1S/C22H24N4O3/c1-15(2)13-23-21(28)16-7-3-6-10-19(16)25-20(27)11-12-26-14-24-18-9-5-4-8-17(18)22(26)29/h3-10,14-15H,11-13H2,1-2H3,(H,23,28)(H,25,27). The summed E-state index contributed by atoms with van der Waals surface area (Å²) < 4.78 is 1.42. The Kier molecular flexibility index (Phi) is 6.39. The smallest absolute Gasteiger partial charge is 0.261 e. The molecule has 0 saturated carbocycles. The molecule has 0 spiro atoms. The topological polar surface area (TPSA) is 93.1 Å². The average Bonchev–Trinajstić information content (AvgIpc) is 2.72. The molecule has 29 heavy (non-hydrogen) atoms. The van der Waals surface area contributed by atoms with Crippen LogP contribution in [0.2, 0.25) is 0 Å². The van der Waals surface area contributed by atoms with Crippen molar-refractivity contribution in [3.05, 3.63) is 70.8 Å². The van der Waals surface area contributed by atoms with Crippen molar-refractivity contribution in [2.24, 2.45) is 5.92 Å². The number of hydrogen-bond acceptors (Lipinski definition) is 4. The highest BCUT2D eigenvalue weighted by atomic mass is 16.2. The molecule has 0 bridgehead atoms. The van der Waals surface area contributed by atoms with Crippen LogP contribution in [0.5, 0.6) is 0 Å². The van der Waals surface area contributed by atoms with Gasteiger partial charge in [-0.1, -0.05) is 38.1 Å². The molecule has 3 rings (SSSR count). The number of carbonyl (C=O) groups excluding carboxylic acids is 2. The predicted octanol–water partition coefficient (Wildman–Crippen LogP) is 2.81. The number of para-hydroxylation sites is 2. The van der Waals surface area contributed by atoms with E-state index in [4.69, 9.17) is 0 Å². The summed E-state index contributed by atoms with van der Waals surface area (Å²) >= 11 is 0. The molecular formula is C22H24N4O3. The molecule has 0 aliphatic rings. The van der Waals surface area contributed by atoms with Gasteiger partial charge in [-0.05, 0) is 30.2 Å². The van der Waals surface area contributed by atoms with Gasteiger partial charge >= 0.3 is 0 Å². The lowest BCUT2D eigenvalue weighted by atomic mass is 10.1. The highest BCUT2D eigenvalue weighted by Gasteiger charge is 2.13. The van der Waals surface area contributed by atoms with Crippen molar-refractivity contribution in [2.75, 3.05) is 11.9 Å². The molecule has 7 heteroatoms. The molecule has 1 aromatic heterocycles. The van der Waals surface area contributed by atoms with E-state index in [9.17, 15) is 14.4 Å². The minimum absolute atomic E-state index is 0.0852. The number of carbonyl (C=O) groups is 2. The second-order valence-corrected chi connectivity index (χ2v) is 7.21. The molecule has 0 radical (unpaired) electrons. The lowest BCUT2D eigenvalue weighted by Crippen LogP contribution is -2.28. The maximum atomic E-state index is 12.5. The van der Waals surface area contributed by atoms with Gasteiger partial charge < -0.3 is 10.6 Å². The van der Waals surface area contributed by atoms with Crippen molar-refractivity contribution in [2.45, 2.75) is 26.8 Å².